The number of aromatic hydroxyl groups is 2. The first-order valence-corrected chi connectivity index (χ1v) is 6.10. The van der Waals surface area contributed by atoms with Crippen LogP contribution < -0.4 is 5.32 Å². The Kier molecular flexibility index (Phi) is 4.08. The van der Waals surface area contributed by atoms with Crippen LogP contribution in [0.25, 0.3) is 0 Å². The summed E-state index contributed by atoms with van der Waals surface area (Å²) < 4.78 is 0. The van der Waals surface area contributed by atoms with Crippen LogP contribution >= 0.6 is 0 Å². The summed E-state index contributed by atoms with van der Waals surface area (Å²) in [5.74, 6) is -1.85. The van der Waals surface area contributed by atoms with E-state index in [1.54, 1.807) is 12.1 Å². The predicted octanol–water partition coefficient (Wildman–Crippen LogP) is 1.98. The number of hydrogen-bond acceptors (Lipinski definition) is 4. The van der Waals surface area contributed by atoms with Gasteiger partial charge in [-0.1, -0.05) is 12.1 Å². The first kappa shape index (κ1) is 14.4. The zero-order chi connectivity index (χ0) is 15.4. The molecule has 4 N–H and O–H groups in total. The van der Waals surface area contributed by atoms with Crippen molar-refractivity contribution < 1.29 is 24.9 Å². The fraction of sp³-hybridized carbons (Fsp3) is 0.0667. The van der Waals surface area contributed by atoms with E-state index in [-0.39, 0.29) is 35.1 Å². The molecule has 0 atom stereocenters. The molecule has 2 aromatic rings. The molecule has 21 heavy (non-hydrogen) atoms. The Balaban J connectivity index is 2.07. The molecule has 0 saturated heterocycles. The van der Waals surface area contributed by atoms with Crippen LogP contribution in [-0.4, -0.2) is 27.2 Å². The molecule has 2 aromatic carbocycles. The molecule has 0 aliphatic carbocycles. The van der Waals surface area contributed by atoms with Gasteiger partial charge in [0, 0.05) is 5.69 Å². The van der Waals surface area contributed by atoms with E-state index in [9.17, 15) is 14.7 Å². The van der Waals surface area contributed by atoms with E-state index in [4.69, 9.17) is 10.2 Å². The van der Waals surface area contributed by atoms with Crippen LogP contribution in [0.2, 0.25) is 0 Å². The summed E-state index contributed by atoms with van der Waals surface area (Å²) in [7, 11) is 0. The molecule has 0 aromatic heterocycles. The number of carbonyl (C=O) groups is 2. The van der Waals surface area contributed by atoms with Gasteiger partial charge in [0.05, 0.1) is 6.42 Å². The van der Waals surface area contributed by atoms with E-state index < -0.39 is 5.97 Å². The lowest BCUT2D eigenvalue weighted by molar-refractivity contribution is -0.115. The number of hydrogen-bond donors (Lipinski definition) is 4. The zero-order valence-corrected chi connectivity index (χ0v) is 10.9. The maximum Gasteiger partial charge on any atom is 0.339 e. The third-order valence-electron chi connectivity index (χ3n) is 2.81. The second-order valence-electron chi connectivity index (χ2n) is 4.43. The molecule has 6 nitrogen and oxygen atoms in total. The third-order valence-corrected chi connectivity index (χ3v) is 2.81. The van der Waals surface area contributed by atoms with E-state index in [2.05, 4.69) is 5.32 Å². The van der Waals surface area contributed by atoms with E-state index in [1.165, 1.54) is 30.3 Å². The molecule has 0 heterocycles. The summed E-state index contributed by atoms with van der Waals surface area (Å²) in [5, 5.41) is 30.0. The highest BCUT2D eigenvalue weighted by Gasteiger charge is 2.11. The number of amides is 1. The van der Waals surface area contributed by atoms with Crippen LogP contribution in [-0.2, 0) is 11.2 Å². The molecule has 0 fully saturated rings. The van der Waals surface area contributed by atoms with Crippen molar-refractivity contribution in [2.75, 3.05) is 5.32 Å². The van der Waals surface area contributed by atoms with Crippen LogP contribution in [0.3, 0.4) is 0 Å². The number of aromatic carboxylic acids is 1. The van der Waals surface area contributed by atoms with Crippen LogP contribution in [0.4, 0.5) is 5.69 Å². The molecule has 0 unspecified atom stereocenters. The fourth-order valence-corrected chi connectivity index (χ4v) is 1.79. The van der Waals surface area contributed by atoms with Gasteiger partial charge < -0.3 is 20.6 Å². The van der Waals surface area contributed by atoms with Gasteiger partial charge in [-0.05, 0) is 35.9 Å². The van der Waals surface area contributed by atoms with E-state index in [0.29, 0.717) is 5.56 Å². The van der Waals surface area contributed by atoms with Crippen molar-refractivity contribution >= 4 is 17.6 Å². The normalized spacial score (nSPS) is 10.1. The van der Waals surface area contributed by atoms with Gasteiger partial charge in [0.1, 0.15) is 17.1 Å². The first-order chi connectivity index (χ1) is 9.95. The highest BCUT2D eigenvalue weighted by atomic mass is 16.4. The quantitative estimate of drug-likeness (QED) is 0.643. The number of rotatable bonds is 4. The smallest absolute Gasteiger partial charge is 0.339 e. The van der Waals surface area contributed by atoms with E-state index in [0.717, 1.165) is 0 Å². The second-order valence-corrected chi connectivity index (χ2v) is 4.43. The Labute approximate surface area is 120 Å². The second kappa shape index (κ2) is 5.96. The average Bonchev–Trinajstić information content (AvgIpc) is 2.43. The Morgan fingerprint density at radius 3 is 2.29 bits per heavy atom. The Hall–Kier alpha value is -3.02. The molecule has 0 aliphatic rings. The summed E-state index contributed by atoms with van der Waals surface area (Å²) >= 11 is 0. The largest absolute Gasteiger partial charge is 0.508 e. The van der Waals surface area contributed by atoms with Gasteiger partial charge in [0.25, 0.3) is 0 Å². The van der Waals surface area contributed by atoms with Crippen LogP contribution in [0.15, 0.2) is 42.5 Å². The summed E-state index contributed by atoms with van der Waals surface area (Å²) in [6.45, 7) is 0. The number of phenols is 2. The lowest BCUT2D eigenvalue weighted by Gasteiger charge is -2.07. The number of nitrogens with one attached hydrogen (secondary N) is 1. The van der Waals surface area contributed by atoms with Crippen molar-refractivity contribution in [3.05, 3.63) is 53.6 Å². The highest BCUT2D eigenvalue weighted by Crippen LogP contribution is 2.21. The molecule has 0 spiro atoms. The molecular formula is C15H13NO5. The van der Waals surface area contributed by atoms with Crippen molar-refractivity contribution in [3.63, 3.8) is 0 Å². The molecule has 0 bridgehead atoms. The van der Waals surface area contributed by atoms with Crippen molar-refractivity contribution in [1.82, 2.24) is 0 Å². The predicted molar refractivity (Wildman–Crippen MR) is 75.5 cm³/mol. The molecule has 2 rings (SSSR count). The van der Waals surface area contributed by atoms with Gasteiger partial charge in [-0.15, -0.1) is 0 Å². The number of phenolic OH excluding ortho intramolecular Hbond substituents is 1. The van der Waals surface area contributed by atoms with Gasteiger partial charge >= 0.3 is 5.97 Å². The number of carboxylic acids is 1. The van der Waals surface area contributed by atoms with Gasteiger partial charge in [-0.3, -0.25) is 4.79 Å². The van der Waals surface area contributed by atoms with Crippen molar-refractivity contribution in [2.45, 2.75) is 6.42 Å². The van der Waals surface area contributed by atoms with Crippen molar-refractivity contribution in [2.24, 2.45) is 0 Å². The Morgan fingerprint density at radius 2 is 1.67 bits per heavy atom. The Bertz CT molecular complexity index is 679. The van der Waals surface area contributed by atoms with Crippen LogP contribution in [0, 0.1) is 0 Å². The summed E-state index contributed by atoms with van der Waals surface area (Å²) in [6.07, 6.45) is 0.0869. The molecule has 1 amide bonds. The third kappa shape index (κ3) is 3.73. The van der Waals surface area contributed by atoms with Crippen LogP contribution in [0.5, 0.6) is 11.5 Å². The summed E-state index contributed by atoms with van der Waals surface area (Å²) in [5.41, 5.74) is 0.717. The molecular weight excluding hydrogens is 274 g/mol. The van der Waals surface area contributed by atoms with Gasteiger partial charge in [-0.2, -0.15) is 0 Å². The number of carbonyl (C=O) groups excluding carboxylic acids is 1. The van der Waals surface area contributed by atoms with Gasteiger partial charge in [0.15, 0.2) is 0 Å². The number of benzene rings is 2. The van der Waals surface area contributed by atoms with Crippen molar-refractivity contribution in [3.8, 4) is 11.5 Å². The van der Waals surface area contributed by atoms with Crippen molar-refractivity contribution in [1.29, 1.82) is 0 Å². The van der Waals surface area contributed by atoms with E-state index in [1.807, 2.05) is 0 Å². The SMILES string of the molecule is O=C(Cc1ccc(O)cc1)Nc1ccc(O)c(C(=O)O)c1. The zero-order valence-electron chi connectivity index (χ0n) is 10.9. The molecule has 6 heteroatoms. The first-order valence-electron chi connectivity index (χ1n) is 6.10. The van der Waals surface area contributed by atoms with E-state index >= 15 is 0 Å². The number of anilines is 1. The summed E-state index contributed by atoms with van der Waals surface area (Å²) in [4.78, 5) is 22.7. The lowest BCUT2D eigenvalue weighted by atomic mass is 10.1. The maximum absolute atomic E-state index is 11.8. The maximum atomic E-state index is 11.8. The monoisotopic (exact) mass is 287 g/mol. The highest BCUT2D eigenvalue weighted by molar-refractivity contribution is 5.96. The summed E-state index contributed by atoms with van der Waals surface area (Å²) in [6, 6.07) is 10.0. The Morgan fingerprint density at radius 1 is 1.00 bits per heavy atom. The minimum absolute atomic E-state index is 0.0869. The van der Waals surface area contributed by atoms with Gasteiger partial charge in [-0.25, -0.2) is 4.79 Å². The minimum atomic E-state index is -1.28. The molecule has 108 valence electrons. The molecule has 0 radical (unpaired) electrons. The molecule has 0 saturated carbocycles. The topological polar surface area (TPSA) is 107 Å². The molecule has 0 aliphatic heterocycles. The fourth-order valence-electron chi connectivity index (χ4n) is 1.79. The standard InChI is InChI=1S/C15H13NO5/c17-11-4-1-9(2-5-11)7-14(19)16-10-3-6-13(18)12(8-10)15(20)21/h1-6,8,17-18H,7H2,(H,16,19)(H,20,21). The lowest BCUT2D eigenvalue weighted by Crippen LogP contribution is -2.14. The number of carboxylic acid groups (broad SMARTS) is 1. The van der Waals surface area contributed by atoms with Crippen LogP contribution in [0.1, 0.15) is 15.9 Å². The van der Waals surface area contributed by atoms with Gasteiger partial charge in [0.2, 0.25) is 5.91 Å². The minimum Gasteiger partial charge on any atom is -0.508 e. The average molecular weight is 287 g/mol.